The molecule has 5 nitrogen and oxygen atoms in total. The smallest absolute Gasteiger partial charge is 0.336 e. The van der Waals surface area contributed by atoms with Crippen molar-refractivity contribution in [1.82, 2.24) is 4.31 Å². The molecular weight excluding hydrogens is 482 g/mol. The van der Waals surface area contributed by atoms with Crippen LogP contribution in [0.5, 0.6) is 0 Å². The van der Waals surface area contributed by atoms with E-state index in [1.807, 2.05) is 97.9 Å². The number of carbonyl (C=O) groups is 1. The molecule has 37 heavy (non-hydrogen) atoms. The van der Waals surface area contributed by atoms with Crippen molar-refractivity contribution in [1.29, 1.82) is 0 Å². The molecule has 5 rings (SSSR count). The van der Waals surface area contributed by atoms with Gasteiger partial charge in [0, 0.05) is 6.42 Å². The van der Waals surface area contributed by atoms with E-state index in [4.69, 9.17) is 4.74 Å². The third kappa shape index (κ3) is 4.13. The molecule has 186 valence electrons. The highest BCUT2D eigenvalue weighted by Crippen LogP contribution is 2.54. The van der Waals surface area contributed by atoms with Gasteiger partial charge in [-0.1, -0.05) is 109 Å². The number of sulfonamides is 1. The third-order valence-corrected chi connectivity index (χ3v) is 8.65. The lowest BCUT2D eigenvalue weighted by Crippen LogP contribution is -2.46. The van der Waals surface area contributed by atoms with Gasteiger partial charge in [0.1, 0.15) is 5.54 Å². The molecule has 0 radical (unpaired) electrons. The van der Waals surface area contributed by atoms with E-state index in [2.05, 4.69) is 0 Å². The van der Waals surface area contributed by atoms with Gasteiger partial charge in [-0.05, 0) is 35.7 Å². The van der Waals surface area contributed by atoms with Crippen molar-refractivity contribution >= 4 is 21.7 Å². The zero-order valence-corrected chi connectivity index (χ0v) is 21.5. The quantitative estimate of drug-likeness (QED) is 0.303. The van der Waals surface area contributed by atoms with E-state index >= 15 is 0 Å². The Morgan fingerprint density at radius 2 is 1.24 bits per heavy atom. The summed E-state index contributed by atoms with van der Waals surface area (Å²) in [6.45, 7) is 1.91. The molecule has 0 bridgehead atoms. The first-order valence-corrected chi connectivity index (χ1v) is 13.4. The molecular formula is C31H27NO4S. The third-order valence-electron chi connectivity index (χ3n) is 6.81. The summed E-state index contributed by atoms with van der Waals surface area (Å²) in [6, 6.07) is 34.9. The van der Waals surface area contributed by atoms with Crippen molar-refractivity contribution in [3.05, 3.63) is 143 Å². The van der Waals surface area contributed by atoms with Crippen molar-refractivity contribution in [2.45, 2.75) is 23.8 Å². The number of ether oxygens (including phenoxy) is 1. The van der Waals surface area contributed by atoms with Crippen LogP contribution < -0.4 is 0 Å². The average molecular weight is 510 g/mol. The number of rotatable bonds is 6. The van der Waals surface area contributed by atoms with Crippen LogP contribution in [0.2, 0.25) is 0 Å². The van der Waals surface area contributed by atoms with Crippen LogP contribution in [0.25, 0.3) is 5.70 Å². The van der Waals surface area contributed by atoms with Crippen LogP contribution in [0.1, 0.15) is 28.7 Å². The standard InChI is InChI=1S/C31H27NO4S/c1-23-18-20-27(21-19-23)37(34,35)32-29(24-12-6-3-7-13-24)28(30(33)36-2)22-31(32,25-14-8-4-9-15-25)26-16-10-5-11-17-26/h3-21H,22H2,1-2H3. The molecule has 4 aromatic carbocycles. The molecule has 0 saturated heterocycles. The fourth-order valence-corrected chi connectivity index (χ4v) is 6.91. The van der Waals surface area contributed by atoms with Gasteiger partial charge in [0.25, 0.3) is 10.0 Å². The first-order chi connectivity index (χ1) is 17.9. The zero-order valence-electron chi connectivity index (χ0n) is 20.7. The van der Waals surface area contributed by atoms with Crippen LogP contribution in [0.15, 0.2) is 126 Å². The number of carbonyl (C=O) groups excluding carboxylic acids is 1. The predicted molar refractivity (Wildman–Crippen MR) is 144 cm³/mol. The lowest BCUT2D eigenvalue weighted by Gasteiger charge is -2.41. The SMILES string of the molecule is COC(=O)C1=C(c2ccccc2)N(S(=O)(=O)c2ccc(C)cc2)C(c2ccccc2)(c2ccccc2)C1. The largest absolute Gasteiger partial charge is 0.466 e. The Balaban J connectivity index is 1.91. The van der Waals surface area contributed by atoms with Crippen molar-refractivity contribution in [2.24, 2.45) is 0 Å². The van der Waals surface area contributed by atoms with Crippen LogP contribution in [0.4, 0.5) is 0 Å². The predicted octanol–water partition coefficient (Wildman–Crippen LogP) is 5.92. The minimum atomic E-state index is -4.16. The highest BCUT2D eigenvalue weighted by molar-refractivity contribution is 7.89. The van der Waals surface area contributed by atoms with Gasteiger partial charge in [-0.2, -0.15) is 0 Å². The van der Waals surface area contributed by atoms with E-state index in [0.717, 1.165) is 16.7 Å². The Hall–Kier alpha value is -4.16. The zero-order chi connectivity index (χ0) is 26.0. The molecule has 0 amide bonds. The fourth-order valence-electron chi connectivity index (χ4n) is 5.08. The molecule has 4 aromatic rings. The number of aryl methyl sites for hydroxylation is 1. The molecule has 1 aliphatic rings. The van der Waals surface area contributed by atoms with Gasteiger partial charge in [-0.15, -0.1) is 0 Å². The van der Waals surface area contributed by atoms with Crippen LogP contribution in [-0.4, -0.2) is 25.8 Å². The summed E-state index contributed by atoms with van der Waals surface area (Å²) < 4.78 is 36.0. The molecule has 1 heterocycles. The molecule has 0 N–H and O–H groups in total. The Morgan fingerprint density at radius 3 is 1.73 bits per heavy atom. The maximum absolute atomic E-state index is 14.7. The Labute approximate surface area is 217 Å². The number of esters is 1. The van der Waals surface area contributed by atoms with Gasteiger partial charge in [-0.25, -0.2) is 17.5 Å². The van der Waals surface area contributed by atoms with Gasteiger partial charge in [-0.3, -0.25) is 0 Å². The second kappa shape index (κ2) is 9.71. The number of methoxy groups -OCH3 is 1. The summed E-state index contributed by atoms with van der Waals surface area (Å²) in [5.74, 6) is -0.559. The minimum absolute atomic E-state index is 0.114. The summed E-state index contributed by atoms with van der Waals surface area (Å²) in [6.07, 6.45) is 0.114. The van der Waals surface area contributed by atoms with Crippen molar-refractivity contribution < 1.29 is 17.9 Å². The molecule has 0 aromatic heterocycles. The Kier molecular flexibility index (Phi) is 6.44. The number of hydrogen-bond acceptors (Lipinski definition) is 4. The molecule has 0 fully saturated rings. The molecule has 6 heteroatoms. The van der Waals surface area contributed by atoms with E-state index < -0.39 is 21.5 Å². The Bertz CT molecular complexity index is 1510. The summed E-state index contributed by atoms with van der Waals surface area (Å²) >= 11 is 0. The van der Waals surface area contributed by atoms with Gasteiger partial charge < -0.3 is 4.74 Å². The van der Waals surface area contributed by atoms with E-state index in [1.165, 1.54) is 11.4 Å². The molecule has 0 saturated carbocycles. The molecule has 0 aliphatic carbocycles. The second-order valence-electron chi connectivity index (χ2n) is 9.04. The number of hydrogen-bond donors (Lipinski definition) is 0. The molecule has 0 atom stereocenters. The lowest BCUT2D eigenvalue weighted by atomic mass is 9.80. The lowest BCUT2D eigenvalue weighted by molar-refractivity contribution is -0.136. The van der Waals surface area contributed by atoms with E-state index in [9.17, 15) is 13.2 Å². The maximum atomic E-state index is 14.7. The normalized spacial score (nSPS) is 15.0. The van der Waals surface area contributed by atoms with Crippen LogP contribution >= 0.6 is 0 Å². The molecule has 0 unspecified atom stereocenters. The summed E-state index contributed by atoms with van der Waals surface area (Å²) in [4.78, 5) is 13.4. The van der Waals surface area contributed by atoms with Crippen LogP contribution in [0.3, 0.4) is 0 Å². The fraction of sp³-hybridized carbons (Fsp3) is 0.129. The van der Waals surface area contributed by atoms with E-state index in [-0.39, 0.29) is 11.3 Å². The maximum Gasteiger partial charge on any atom is 0.336 e. The summed E-state index contributed by atoms with van der Waals surface area (Å²) in [5, 5.41) is 0. The Morgan fingerprint density at radius 1 is 0.757 bits per heavy atom. The number of nitrogens with zero attached hydrogens (tertiary/aromatic N) is 1. The average Bonchev–Trinajstić information content (AvgIpc) is 3.33. The summed E-state index contributed by atoms with van der Waals surface area (Å²) in [5.41, 5.74) is 2.48. The van der Waals surface area contributed by atoms with Crippen molar-refractivity contribution in [3.8, 4) is 0 Å². The first kappa shape index (κ1) is 24.5. The van der Waals surface area contributed by atoms with Crippen molar-refractivity contribution in [2.75, 3.05) is 7.11 Å². The second-order valence-corrected chi connectivity index (χ2v) is 10.8. The van der Waals surface area contributed by atoms with Gasteiger partial charge in [0.15, 0.2) is 0 Å². The van der Waals surface area contributed by atoms with E-state index in [0.29, 0.717) is 16.8 Å². The topological polar surface area (TPSA) is 63.7 Å². The highest BCUT2D eigenvalue weighted by atomic mass is 32.2. The van der Waals surface area contributed by atoms with E-state index in [1.54, 1.807) is 24.3 Å². The van der Waals surface area contributed by atoms with Gasteiger partial charge >= 0.3 is 5.97 Å². The van der Waals surface area contributed by atoms with Gasteiger partial charge in [0.05, 0.1) is 23.3 Å². The van der Waals surface area contributed by atoms with Crippen molar-refractivity contribution in [3.63, 3.8) is 0 Å². The molecule has 0 spiro atoms. The minimum Gasteiger partial charge on any atom is -0.466 e. The highest BCUT2D eigenvalue weighted by Gasteiger charge is 2.55. The van der Waals surface area contributed by atoms with Crippen LogP contribution in [-0.2, 0) is 25.1 Å². The number of benzene rings is 4. The summed E-state index contributed by atoms with van der Waals surface area (Å²) in [7, 11) is -2.84. The first-order valence-electron chi connectivity index (χ1n) is 12.0. The van der Waals surface area contributed by atoms with Crippen LogP contribution in [0, 0.1) is 6.92 Å². The van der Waals surface area contributed by atoms with Gasteiger partial charge in [0.2, 0.25) is 0 Å². The monoisotopic (exact) mass is 509 g/mol. The molecule has 1 aliphatic heterocycles.